The molecule has 0 spiro atoms. The van der Waals surface area contributed by atoms with E-state index < -0.39 is 6.10 Å². The third-order valence-corrected chi connectivity index (χ3v) is 7.04. The summed E-state index contributed by atoms with van der Waals surface area (Å²) in [5.41, 5.74) is 4.03. The van der Waals surface area contributed by atoms with Crippen LogP contribution in [0.4, 0.5) is 0 Å². The number of aliphatic hydroxyl groups is 1. The fourth-order valence-corrected chi connectivity index (χ4v) is 4.77. The second-order valence-corrected chi connectivity index (χ2v) is 10.3. The molecule has 2 aliphatic rings. The summed E-state index contributed by atoms with van der Waals surface area (Å²) in [5, 5.41) is 18.1. The summed E-state index contributed by atoms with van der Waals surface area (Å²) >= 11 is 9.76. The molecule has 2 aromatic carbocycles. The fourth-order valence-electron chi connectivity index (χ4n) is 4.15. The van der Waals surface area contributed by atoms with Crippen LogP contribution >= 0.6 is 27.5 Å². The molecule has 2 aromatic rings. The zero-order valence-corrected chi connectivity index (χ0v) is 22.6. The first-order chi connectivity index (χ1) is 17.9. The molecule has 11 heteroatoms. The standard InChI is InChI=1S/C26H30BrClN4O5/c27-18-2-1-3-21(13-18)36-15-20(33)14-29-19-8-10-32(11-9-19)26(35)16-37-24-6-4-17(12-22(24)28)23-5-7-25(34)31-30-23/h1-4,6,12-13,19-20,29,33H,5,7-11,14-16H2,(H,31,34). The molecule has 9 nitrogen and oxygen atoms in total. The molecule has 2 aliphatic heterocycles. The van der Waals surface area contributed by atoms with Gasteiger partial charge in [0.2, 0.25) is 5.91 Å². The van der Waals surface area contributed by atoms with E-state index in [1.54, 1.807) is 17.0 Å². The van der Waals surface area contributed by atoms with Crippen LogP contribution in [0, 0.1) is 0 Å². The molecule has 37 heavy (non-hydrogen) atoms. The zero-order valence-electron chi connectivity index (χ0n) is 20.3. The lowest BCUT2D eigenvalue weighted by Gasteiger charge is -2.33. The van der Waals surface area contributed by atoms with Gasteiger partial charge < -0.3 is 24.8 Å². The number of hydrazone groups is 1. The Morgan fingerprint density at radius 3 is 2.73 bits per heavy atom. The van der Waals surface area contributed by atoms with Gasteiger partial charge in [-0.2, -0.15) is 5.10 Å². The number of likely N-dealkylation sites (tertiary alicyclic amines) is 1. The van der Waals surface area contributed by atoms with Crippen molar-refractivity contribution in [3.8, 4) is 11.5 Å². The number of halogens is 2. The van der Waals surface area contributed by atoms with Gasteiger partial charge >= 0.3 is 0 Å². The van der Waals surface area contributed by atoms with Crippen molar-refractivity contribution in [1.82, 2.24) is 15.6 Å². The normalized spacial score (nSPS) is 17.1. The maximum absolute atomic E-state index is 12.7. The highest BCUT2D eigenvalue weighted by molar-refractivity contribution is 9.10. The third-order valence-electron chi connectivity index (χ3n) is 6.25. The van der Waals surface area contributed by atoms with Gasteiger partial charge in [0.15, 0.2) is 6.61 Å². The Balaban J connectivity index is 1.15. The Labute approximate surface area is 229 Å². The molecule has 3 N–H and O–H groups in total. The molecular formula is C26H30BrClN4O5. The Morgan fingerprint density at radius 1 is 1.22 bits per heavy atom. The first-order valence-electron chi connectivity index (χ1n) is 12.2. The number of amides is 2. The van der Waals surface area contributed by atoms with Crippen molar-refractivity contribution in [2.24, 2.45) is 5.10 Å². The van der Waals surface area contributed by atoms with Crippen LogP contribution in [0.25, 0.3) is 0 Å². The Bertz CT molecular complexity index is 1140. The predicted molar refractivity (Wildman–Crippen MR) is 144 cm³/mol. The summed E-state index contributed by atoms with van der Waals surface area (Å²) in [6, 6.07) is 13.0. The molecule has 1 saturated heterocycles. The van der Waals surface area contributed by atoms with E-state index in [-0.39, 0.29) is 31.1 Å². The van der Waals surface area contributed by atoms with E-state index >= 15 is 0 Å². The number of ether oxygens (including phenoxy) is 2. The summed E-state index contributed by atoms with van der Waals surface area (Å²) in [6.45, 7) is 1.75. The van der Waals surface area contributed by atoms with Crippen LogP contribution in [0.15, 0.2) is 52.0 Å². The van der Waals surface area contributed by atoms with Gasteiger partial charge in [0.1, 0.15) is 24.2 Å². The van der Waals surface area contributed by atoms with Gasteiger partial charge in [-0.1, -0.05) is 33.6 Å². The molecule has 0 saturated carbocycles. The topological polar surface area (TPSA) is 112 Å². The molecule has 1 fully saturated rings. The predicted octanol–water partition coefficient (Wildman–Crippen LogP) is 3.12. The van der Waals surface area contributed by atoms with E-state index in [9.17, 15) is 14.7 Å². The van der Waals surface area contributed by atoms with Crippen LogP contribution in [-0.2, 0) is 9.59 Å². The molecule has 0 bridgehead atoms. The van der Waals surface area contributed by atoms with Crippen molar-refractivity contribution in [2.45, 2.75) is 37.8 Å². The van der Waals surface area contributed by atoms with Crippen LogP contribution < -0.4 is 20.2 Å². The number of nitrogens with zero attached hydrogens (tertiary/aromatic N) is 2. The van der Waals surface area contributed by atoms with Gasteiger partial charge in [-0.15, -0.1) is 0 Å². The van der Waals surface area contributed by atoms with Crippen LogP contribution in [0.3, 0.4) is 0 Å². The van der Waals surface area contributed by atoms with Gasteiger partial charge in [-0.25, -0.2) is 5.43 Å². The van der Waals surface area contributed by atoms with Gasteiger partial charge in [0.25, 0.3) is 5.91 Å². The monoisotopic (exact) mass is 592 g/mol. The Hall–Kier alpha value is -2.66. The Kier molecular flexibility index (Phi) is 9.79. The average molecular weight is 594 g/mol. The number of piperidine rings is 1. The molecule has 0 aromatic heterocycles. The average Bonchev–Trinajstić information content (AvgIpc) is 2.90. The molecule has 2 heterocycles. The third kappa shape index (κ3) is 8.16. The lowest BCUT2D eigenvalue weighted by molar-refractivity contribution is -0.134. The minimum Gasteiger partial charge on any atom is -0.491 e. The van der Waals surface area contributed by atoms with Crippen LogP contribution in [0.1, 0.15) is 31.2 Å². The smallest absolute Gasteiger partial charge is 0.260 e. The van der Waals surface area contributed by atoms with E-state index in [1.165, 1.54) is 0 Å². The van der Waals surface area contributed by atoms with E-state index in [0.29, 0.717) is 49.0 Å². The van der Waals surface area contributed by atoms with Gasteiger partial charge in [-0.3, -0.25) is 9.59 Å². The van der Waals surface area contributed by atoms with E-state index in [4.69, 9.17) is 21.1 Å². The second kappa shape index (κ2) is 13.2. The van der Waals surface area contributed by atoms with Crippen molar-refractivity contribution >= 4 is 45.1 Å². The lowest BCUT2D eigenvalue weighted by Crippen LogP contribution is -2.48. The maximum atomic E-state index is 12.7. The minimum atomic E-state index is -0.632. The molecule has 2 amide bonds. The summed E-state index contributed by atoms with van der Waals surface area (Å²) in [6.07, 6.45) is 1.88. The Morgan fingerprint density at radius 2 is 2.03 bits per heavy atom. The van der Waals surface area contributed by atoms with Gasteiger partial charge in [-0.05, 0) is 54.8 Å². The summed E-state index contributed by atoms with van der Waals surface area (Å²) < 4.78 is 12.2. The van der Waals surface area contributed by atoms with Gasteiger partial charge in [0, 0.05) is 43.0 Å². The zero-order chi connectivity index (χ0) is 26.2. The highest BCUT2D eigenvalue weighted by Crippen LogP contribution is 2.27. The van der Waals surface area contributed by atoms with Crippen LogP contribution in [-0.4, -0.2) is 72.5 Å². The molecule has 4 rings (SSSR count). The van der Waals surface area contributed by atoms with Crippen molar-refractivity contribution in [3.63, 3.8) is 0 Å². The number of benzene rings is 2. The maximum Gasteiger partial charge on any atom is 0.260 e. The molecular weight excluding hydrogens is 564 g/mol. The van der Waals surface area contributed by atoms with E-state index in [1.807, 2.05) is 30.3 Å². The number of aliphatic hydroxyl groups excluding tert-OH is 1. The highest BCUT2D eigenvalue weighted by atomic mass is 79.9. The quantitative estimate of drug-likeness (QED) is 0.390. The summed E-state index contributed by atoms with van der Waals surface area (Å²) in [4.78, 5) is 25.7. The number of rotatable bonds is 10. The lowest BCUT2D eigenvalue weighted by atomic mass is 10.0. The second-order valence-electron chi connectivity index (χ2n) is 9.01. The number of nitrogens with one attached hydrogen (secondary N) is 2. The number of hydrogen-bond acceptors (Lipinski definition) is 7. The number of hydrogen-bond donors (Lipinski definition) is 3. The fraction of sp³-hybridized carbons (Fsp3) is 0.423. The van der Waals surface area contributed by atoms with Crippen molar-refractivity contribution in [1.29, 1.82) is 0 Å². The first kappa shape index (κ1) is 27.4. The van der Waals surface area contributed by atoms with Crippen LogP contribution in [0.5, 0.6) is 11.5 Å². The molecule has 198 valence electrons. The number of carbonyl (C=O) groups is 2. The van der Waals surface area contributed by atoms with Crippen molar-refractivity contribution in [2.75, 3.05) is 32.8 Å². The largest absolute Gasteiger partial charge is 0.491 e. The van der Waals surface area contributed by atoms with E-state index in [0.717, 1.165) is 28.6 Å². The van der Waals surface area contributed by atoms with Crippen molar-refractivity contribution in [3.05, 3.63) is 57.5 Å². The number of carbonyl (C=O) groups excluding carboxylic acids is 2. The van der Waals surface area contributed by atoms with Crippen LogP contribution in [0.2, 0.25) is 5.02 Å². The van der Waals surface area contributed by atoms with Gasteiger partial charge in [0.05, 0.1) is 10.7 Å². The molecule has 0 radical (unpaired) electrons. The molecule has 1 unspecified atom stereocenters. The minimum absolute atomic E-state index is 0.0968. The highest BCUT2D eigenvalue weighted by Gasteiger charge is 2.24. The summed E-state index contributed by atoms with van der Waals surface area (Å²) in [7, 11) is 0. The SMILES string of the molecule is O=C1CCC(c2ccc(OCC(=O)N3CCC(NCC(O)COc4cccc(Br)c4)CC3)c(Cl)c2)=NN1. The van der Waals surface area contributed by atoms with Crippen molar-refractivity contribution < 1.29 is 24.2 Å². The van der Waals surface area contributed by atoms with E-state index in [2.05, 4.69) is 31.8 Å². The molecule has 1 atom stereocenters. The molecule has 0 aliphatic carbocycles. The summed E-state index contributed by atoms with van der Waals surface area (Å²) in [5.74, 6) is 0.927. The first-order valence-corrected chi connectivity index (χ1v) is 13.4.